The standard InChI is InChI=1S/C15H15BrFN/c1-15(18,12-7-3-5-9-14(12)17)10-11-6-2-4-8-13(11)16/h2-9H,10,18H2,1H3. The second kappa shape index (κ2) is 5.21. The molecule has 1 unspecified atom stereocenters. The second-order valence-electron chi connectivity index (χ2n) is 4.67. The van der Waals surface area contributed by atoms with E-state index in [1.807, 2.05) is 37.3 Å². The minimum Gasteiger partial charge on any atom is -0.321 e. The first kappa shape index (κ1) is 13.2. The summed E-state index contributed by atoms with van der Waals surface area (Å²) < 4.78 is 14.8. The molecule has 0 radical (unpaired) electrons. The van der Waals surface area contributed by atoms with Gasteiger partial charge in [-0.25, -0.2) is 4.39 Å². The summed E-state index contributed by atoms with van der Waals surface area (Å²) in [6.45, 7) is 1.85. The summed E-state index contributed by atoms with van der Waals surface area (Å²) in [6, 6.07) is 14.5. The summed E-state index contributed by atoms with van der Waals surface area (Å²) in [5.74, 6) is -0.255. The van der Waals surface area contributed by atoms with E-state index >= 15 is 0 Å². The molecule has 0 aliphatic rings. The molecule has 0 saturated carbocycles. The van der Waals surface area contributed by atoms with E-state index in [1.165, 1.54) is 6.07 Å². The monoisotopic (exact) mass is 307 g/mol. The molecule has 0 spiro atoms. The van der Waals surface area contributed by atoms with Gasteiger partial charge in [0.15, 0.2) is 0 Å². The van der Waals surface area contributed by atoms with Crippen molar-refractivity contribution >= 4 is 15.9 Å². The Bertz CT molecular complexity index is 552. The lowest BCUT2D eigenvalue weighted by molar-refractivity contribution is 0.456. The normalized spacial score (nSPS) is 14.2. The van der Waals surface area contributed by atoms with Gasteiger partial charge in [0.1, 0.15) is 5.82 Å². The van der Waals surface area contributed by atoms with Gasteiger partial charge in [0.05, 0.1) is 0 Å². The van der Waals surface area contributed by atoms with E-state index in [-0.39, 0.29) is 5.82 Å². The molecule has 0 heterocycles. The van der Waals surface area contributed by atoms with Crippen LogP contribution in [0.15, 0.2) is 53.0 Å². The molecule has 3 heteroatoms. The topological polar surface area (TPSA) is 26.0 Å². The predicted molar refractivity (Wildman–Crippen MR) is 75.8 cm³/mol. The molecule has 2 rings (SSSR count). The molecule has 0 amide bonds. The van der Waals surface area contributed by atoms with Crippen LogP contribution in [0.1, 0.15) is 18.1 Å². The highest BCUT2D eigenvalue weighted by molar-refractivity contribution is 9.10. The van der Waals surface area contributed by atoms with Crippen molar-refractivity contribution in [3.63, 3.8) is 0 Å². The minimum atomic E-state index is -0.727. The fourth-order valence-corrected chi connectivity index (χ4v) is 2.48. The zero-order valence-electron chi connectivity index (χ0n) is 10.2. The van der Waals surface area contributed by atoms with Crippen molar-refractivity contribution in [2.75, 3.05) is 0 Å². The Morgan fingerprint density at radius 2 is 1.72 bits per heavy atom. The largest absolute Gasteiger partial charge is 0.321 e. The van der Waals surface area contributed by atoms with Crippen LogP contribution < -0.4 is 5.73 Å². The fraction of sp³-hybridized carbons (Fsp3) is 0.200. The zero-order chi connectivity index (χ0) is 13.2. The highest BCUT2D eigenvalue weighted by Crippen LogP contribution is 2.28. The summed E-state index contributed by atoms with van der Waals surface area (Å²) in [6.07, 6.45) is 0.579. The Morgan fingerprint density at radius 1 is 1.11 bits per heavy atom. The summed E-state index contributed by atoms with van der Waals surface area (Å²) >= 11 is 3.49. The smallest absolute Gasteiger partial charge is 0.128 e. The molecule has 0 fully saturated rings. The first-order valence-electron chi connectivity index (χ1n) is 5.78. The third kappa shape index (κ3) is 2.79. The van der Waals surface area contributed by atoms with Gasteiger partial charge in [0.2, 0.25) is 0 Å². The van der Waals surface area contributed by atoms with Gasteiger partial charge in [-0.3, -0.25) is 0 Å². The average Bonchev–Trinajstić information content (AvgIpc) is 2.32. The Kier molecular flexibility index (Phi) is 3.83. The van der Waals surface area contributed by atoms with Crippen LogP contribution in [0.2, 0.25) is 0 Å². The first-order valence-corrected chi connectivity index (χ1v) is 6.57. The van der Waals surface area contributed by atoms with Gasteiger partial charge < -0.3 is 5.73 Å². The Labute approximate surface area is 115 Å². The van der Waals surface area contributed by atoms with Crippen LogP contribution in [0.25, 0.3) is 0 Å². The number of rotatable bonds is 3. The van der Waals surface area contributed by atoms with Crippen LogP contribution in [0.5, 0.6) is 0 Å². The van der Waals surface area contributed by atoms with Crippen molar-refractivity contribution in [3.8, 4) is 0 Å². The van der Waals surface area contributed by atoms with E-state index in [2.05, 4.69) is 15.9 Å². The molecule has 0 aromatic heterocycles. The number of halogens is 2. The van der Waals surface area contributed by atoms with Crippen molar-refractivity contribution < 1.29 is 4.39 Å². The maximum Gasteiger partial charge on any atom is 0.128 e. The summed E-state index contributed by atoms with van der Waals surface area (Å²) in [7, 11) is 0. The molecule has 0 aliphatic heterocycles. The van der Waals surface area contributed by atoms with Crippen LogP contribution in [0.4, 0.5) is 4.39 Å². The molecule has 2 aromatic carbocycles. The van der Waals surface area contributed by atoms with Crippen molar-refractivity contribution in [1.82, 2.24) is 0 Å². The number of nitrogens with two attached hydrogens (primary N) is 1. The van der Waals surface area contributed by atoms with Crippen molar-refractivity contribution in [2.24, 2.45) is 5.73 Å². The van der Waals surface area contributed by atoms with E-state index in [0.717, 1.165) is 10.0 Å². The third-order valence-corrected chi connectivity index (χ3v) is 3.78. The molecule has 0 aliphatic carbocycles. The van der Waals surface area contributed by atoms with Crippen LogP contribution in [-0.2, 0) is 12.0 Å². The molecule has 1 nitrogen and oxygen atoms in total. The Hall–Kier alpha value is -1.19. The number of hydrogen-bond acceptors (Lipinski definition) is 1. The molecular weight excluding hydrogens is 293 g/mol. The summed E-state index contributed by atoms with van der Waals surface area (Å²) in [5, 5.41) is 0. The van der Waals surface area contributed by atoms with Gasteiger partial charge in [-0.1, -0.05) is 52.3 Å². The molecule has 94 valence electrons. The van der Waals surface area contributed by atoms with Gasteiger partial charge >= 0.3 is 0 Å². The van der Waals surface area contributed by atoms with Crippen LogP contribution in [0.3, 0.4) is 0 Å². The Morgan fingerprint density at radius 3 is 2.39 bits per heavy atom. The van der Waals surface area contributed by atoms with Gasteiger partial charge in [0, 0.05) is 15.6 Å². The number of benzene rings is 2. The van der Waals surface area contributed by atoms with Crippen LogP contribution in [-0.4, -0.2) is 0 Å². The van der Waals surface area contributed by atoms with Crippen molar-refractivity contribution in [1.29, 1.82) is 0 Å². The molecule has 1 atom stereocenters. The van der Waals surface area contributed by atoms with E-state index in [0.29, 0.717) is 12.0 Å². The SMILES string of the molecule is CC(N)(Cc1ccccc1Br)c1ccccc1F. The maximum absolute atomic E-state index is 13.8. The van der Waals surface area contributed by atoms with Gasteiger partial charge in [0.25, 0.3) is 0 Å². The molecule has 2 N–H and O–H groups in total. The molecule has 0 bridgehead atoms. The van der Waals surface area contributed by atoms with Gasteiger partial charge in [-0.05, 0) is 31.0 Å². The average molecular weight is 308 g/mol. The fourth-order valence-electron chi connectivity index (χ4n) is 2.06. The van der Waals surface area contributed by atoms with E-state index in [1.54, 1.807) is 12.1 Å². The molecule has 0 saturated heterocycles. The highest BCUT2D eigenvalue weighted by atomic mass is 79.9. The lowest BCUT2D eigenvalue weighted by Gasteiger charge is -2.26. The summed E-state index contributed by atoms with van der Waals surface area (Å²) in [4.78, 5) is 0. The minimum absolute atomic E-state index is 0.255. The quantitative estimate of drug-likeness (QED) is 0.911. The van der Waals surface area contributed by atoms with Crippen molar-refractivity contribution in [2.45, 2.75) is 18.9 Å². The van der Waals surface area contributed by atoms with E-state index < -0.39 is 5.54 Å². The van der Waals surface area contributed by atoms with Crippen LogP contribution in [0, 0.1) is 5.82 Å². The zero-order valence-corrected chi connectivity index (χ0v) is 11.7. The van der Waals surface area contributed by atoms with Gasteiger partial charge in [-0.15, -0.1) is 0 Å². The Balaban J connectivity index is 2.33. The highest BCUT2D eigenvalue weighted by Gasteiger charge is 2.25. The predicted octanol–water partition coefficient (Wildman–Crippen LogP) is 4.00. The van der Waals surface area contributed by atoms with Gasteiger partial charge in [-0.2, -0.15) is 0 Å². The van der Waals surface area contributed by atoms with E-state index in [9.17, 15) is 4.39 Å². The van der Waals surface area contributed by atoms with E-state index in [4.69, 9.17) is 5.73 Å². The summed E-state index contributed by atoms with van der Waals surface area (Å²) in [5.41, 5.74) is 7.17. The molecule has 2 aromatic rings. The van der Waals surface area contributed by atoms with Crippen molar-refractivity contribution in [3.05, 3.63) is 69.9 Å². The second-order valence-corrected chi connectivity index (χ2v) is 5.52. The maximum atomic E-state index is 13.8. The first-order chi connectivity index (χ1) is 8.50. The molecule has 18 heavy (non-hydrogen) atoms. The number of hydrogen-bond donors (Lipinski definition) is 1. The lowest BCUT2D eigenvalue weighted by Crippen LogP contribution is -2.36. The third-order valence-electron chi connectivity index (χ3n) is 3.00. The lowest BCUT2D eigenvalue weighted by atomic mass is 9.86. The molecular formula is C15H15BrFN. The van der Waals surface area contributed by atoms with Crippen LogP contribution >= 0.6 is 15.9 Å².